The van der Waals surface area contributed by atoms with Gasteiger partial charge in [0.15, 0.2) is 0 Å². The molecule has 2 aliphatic rings. The zero-order valence-electron chi connectivity index (χ0n) is 23.4. The second-order valence-electron chi connectivity index (χ2n) is 12.4. The Morgan fingerprint density at radius 2 is 1.57 bits per heavy atom. The van der Waals surface area contributed by atoms with Gasteiger partial charge in [-0.3, -0.25) is 0 Å². The molecule has 3 aromatic rings. The monoisotopic (exact) mass is 612 g/mol. The number of benzene rings is 2. The van der Waals surface area contributed by atoms with Gasteiger partial charge in [-0.05, 0) is 0 Å². The first kappa shape index (κ1) is 30.1. The summed E-state index contributed by atoms with van der Waals surface area (Å²) in [4.78, 5) is 0. The molecule has 196 valence electrons. The van der Waals surface area contributed by atoms with Crippen LogP contribution in [0.15, 0.2) is 68.8 Å². The summed E-state index contributed by atoms with van der Waals surface area (Å²) in [6.07, 6.45) is 10.6. The van der Waals surface area contributed by atoms with Crippen LogP contribution in [0.5, 0.6) is 0 Å². The topological polar surface area (TPSA) is 13.1 Å². The number of hydrogen-bond acceptors (Lipinski definition) is 1. The van der Waals surface area contributed by atoms with E-state index in [0.717, 1.165) is 12.8 Å². The number of rotatable bonds is 3. The molecule has 4 heteroatoms. The van der Waals surface area contributed by atoms with E-state index < -0.39 is 21.3 Å². The molecular weight excluding hydrogens is 574 g/mol. The Bertz CT molecular complexity index is 1400. The first-order valence-corrected chi connectivity index (χ1v) is 16.6. The van der Waals surface area contributed by atoms with Gasteiger partial charge in [-0.1, -0.05) is 0 Å². The van der Waals surface area contributed by atoms with Crippen LogP contribution in [0.2, 0.25) is 0 Å². The van der Waals surface area contributed by atoms with Crippen molar-refractivity contribution in [3.05, 3.63) is 92.2 Å². The van der Waals surface area contributed by atoms with Crippen LogP contribution in [0.1, 0.15) is 89.6 Å². The maximum Gasteiger partial charge on any atom is -0.147 e. The third-order valence-electron chi connectivity index (χ3n) is 7.57. The van der Waals surface area contributed by atoms with E-state index in [1.165, 1.54) is 33.4 Å². The quantitative estimate of drug-likeness (QED) is 0.224. The molecule has 0 saturated heterocycles. The van der Waals surface area contributed by atoms with Gasteiger partial charge in [-0.15, -0.1) is 24.8 Å². The van der Waals surface area contributed by atoms with Crippen LogP contribution in [-0.4, -0.2) is 3.21 Å². The second-order valence-corrected chi connectivity index (χ2v) is 19.5. The van der Waals surface area contributed by atoms with Crippen LogP contribution in [0.25, 0.3) is 16.7 Å². The summed E-state index contributed by atoms with van der Waals surface area (Å²) in [5.74, 6) is 0. The molecular formula is C33H40Cl2OZr. The first-order chi connectivity index (χ1) is 16.5. The van der Waals surface area contributed by atoms with Crippen LogP contribution in [0.3, 0.4) is 0 Å². The molecule has 0 amide bonds. The van der Waals surface area contributed by atoms with Gasteiger partial charge < -0.3 is 0 Å². The average Bonchev–Trinajstić information content (AvgIpc) is 3.51. The fourth-order valence-corrected chi connectivity index (χ4v) is 14.3. The van der Waals surface area contributed by atoms with E-state index in [-0.39, 0.29) is 35.6 Å². The predicted molar refractivity (Wildman–Crippen MR) is 162 cm³/mol. The number of furan rings is 1. The summed E-state index contributed by atoms with van der Waals surface area (Å²) in [5, 5.41) is 0. The van der Waals surface area contributed by atoms with Crippen molar-refractivity contribution in [2.45, 2.75) is 79.1 Å². The van der Waals surface area contributed by atoms with Crippen LogP contribution in [-0.2, 0) is 38.5 Å². The maximum absolute atomic E-state index is 5.50. The van der Waals surface area contributed by atoms with Crippen molar-refractivity contribution in [3.8, 4) is 11.1 Å². The molecule has 0 fully saturated rings. The largest absolute Gasteiger partial charge is 0.147 e. The number of hydrogen-bond donors (Lipinski definition) is 0. The van der Waals surface area contributed by atoms with E-state index in [1.807, 2.05) is 12.5 Å². The van der Waals surface area contributed by atoms with Gasteiger partial charge >= 0.3 is 220 Å². The first-order valence-electron chi connectivity index (χ1n) is 12.9. The summed E-state index contributed by atoms with van der Waals surface area (Å²) in [7, 11) is 0. The van der Waals surface area contributed by atoms with Gasteiger partial charge in [0, 0.05) is 0 Å². The molecule has 0 atom stereocenters. The summed E-state index contributed by atoms with van der Waals surface area (Å²) < 4.78 is 10.6. The van der Waals surface area contributed by atoms with Crippen LogP contribution in [0, 0.1) is 0 Å². The van der Waals surface area contributed by atoms with Crippen LogP contribution in [0.4, 0.5) is 0 Å². The van der Waals surface area contributed by atoms with Gasteiger partial charge in [0.1, 0.15) is 0 Å². The number of fused-ring (bicyclic) bond motifs is 3. The molecule has 1 heterocycles. The minimum atomic E-state index is -2.37. The number of allylic oxidation sites excluding steroid dienone is 4. The molecule has 1 aromatic heterocycles. The van der Waals surface area contributed by atoms with E-state index in [9.17, 15) is 0 Å². The minimum absolute atomic E-state index is 0. The van der Waals surface area contributed by atoms with E-state index >= 15 is 0 Å². The van der Waals surface area contributed by atoms with Gasteiger partial charge in [0.05, 0.1) is 0 Å². The normalized spacial score (nSPS) is 14.2. The van der Waals surface area contributed by atoms with Gasteiger partial charge in [0.2, 0.25) is 0 Å². The summed E-state index contributed by atoms with van der Waals surface area (Å²) in [6.45, 7) is 18.9. The Balaban J connectivity index is 0.00000190. The van der Waals surface area contributed by atoms with Crippen molar-refractivity contribution in [1.82, 2.24) is 0 Å². The second kappa shape index (κ2) is 11.0. The van der Waals surface area contributed by atoms with Crippen molar-refractivity contribution in [2.24, 2.45) is 0 Å². The molecule has 2 aromatic carbocycles. The molecule has 0 aliphatic heterocycles. The van der Waals surface area contributed by atoms with E-state index in [4.69, 9.17) is 4.42 Å². The van der Waals surface area contributed by atoms with E-state index in [1.54, 1.807) is 20.9 Å². The molecule has 0 saturated carbocycles. The van der Waals surface area contributed by atoms with E-state index in [2.05, 4.69) is 104 Å². The third-order valence-corrected chi connectivity index (χ3v) is 15.3. The Morgan fingerprint density at radius 1 is 0.865 bits per heavy atom. The SMILES string of the molecule is C[C](C)=[Zr]([C]1=C(c2ccoc2)C=CC1)[c]1c(C(C)(C)C)ccc2c1Cc1cc(C(C)(C)C)ccc1-2.Cl.Cl. The zero-order chi connectivity index (χ0) is 25.1. The van der Waals surface area contributed by atoms with Crippen molar-refractivity contribution in [1.29, 1.82) is 0 Å². The summed E-state index contributed by atoms with van der Waals surface area (Å²) in [6, 6.07) is 14.2. The zero-order valence-corrected chi connectivity index (χ0v) is 27.5. The maximum atomic E-state index is 5.50. The van der Waals surface area contributed by atoms with Crippen LogP contribution < -0.4 is 3.27 Å². The Kier molecular flexibility index (Phi) is 8.91. The van der Waals surface area contributed by atoms with Crippen molar-refractivity contribution in [2.75, 3.05) is 0 Å². The molecule has 1 nitrogen and oxygen atoms in total. The number of halogens is 2. The molecule has 0 radical (unpaired) electrons. The molecule has 2 aliphatic carbocycles. The van der Waals surface area contributed by atoms with Gasteiger partial charge in [-0.25, -0.2) is 0 Å². The van der Waals surface area contributed by atoms with Gasteiger partial charge in [0.25, 0.3) is 0 Å². The molecule has 0 N–H and O–H groups in total. The van der Waals surface area contributed by atoms with Crippen molar-refractivity contribution >= 4 is 36.9 Å². The summed E-state index contributed by atoms with van der Waals surface area (Å²) >= 11 is -2.37. The summed E-state index contributed by atoms with van der Waals surface area (Å²) in [5.41, 5.74) is 11.9. The van der Waals surface area contributed by atoms with Gasteiger partial charge in [-0.2, -0.15) is 0 Å². The Hall–Kier alpha value is -1.47. The fraction of sp³-hybridized carbons (Fsp3) is 0.364. The Labute approximate surface area is 243 Å². The van der Waals surface area contributed by atoms with Crippen LogP contribution >= 0.6 is 24.8 Å². The predicted octanol–water partition coefficient (Wildman–Crippen LogP) is 9.12. The fourth-order valence-electron chi connectivity index (χ4n) is 5.79. The molecule has 37 heavy (non-hydrogen) atoms. The van der Waals surface area contributed by atoms with Crippen molar-refractivity contribution < 1.29 is 25.7 Å². The smallest absolute Gasteiger partial charge is 0.147 e. The molecule has 5 rings (SSSR count). The minimum Gasteiger partial charge on any atom is -0.147 e. The third kappa shape index (κ3) is 5.50. The standard InChI is InChI=1S/C21H25.C9H7O.C3H6.2ClH.Zr/c1-20(2,3)16-7-9-18-14(12-16)11-15-13-17(21(4,5)6)8-10-19(15)18;1-2-4-8(3-1)9-5-6-10-7-9;1-3-2;;;/h7-10,12H,11H2,1-6H3;1,3,5-7H,2H2;1-2H3;2*1H;. The van der Waals surface area contributed by atoms with E-state index in [0.29, 0.717) is 0 Å². The molecule has 0 bridgehead atoms. The molecule has 0 spiro atoms. The average molecular weight is 615 g/mol. The molecule has 0 unspecified atom stereocenters. The van der Waals surface area contributed by atoms with Crippen molar-refractivity contribution in [3.63, 3.8) is 0 Å². The Morgan fingerprint density at radius 3 is 2.16 bits per heavy atom.